The Hall–Kier alpha value is -1.01. The minimum Gasteiger partial charge on any atom is -0.313 e. The van der Waals surface area contributed by atoms with Crippen molar-refractivity contribution < 1.29 is 8.42 Å². The molecule has 2 rings (SSSR count). The summed E-state index contributed by atoms with van der Waals surface area (Å²) in [5, 5.41) is 3.08. The van der Waals surface area contributed by atoms with Crippen molar-refractivity contribution in [3.63, 3.8) is 0 Å². The SMILES string of the molecule is CNC(c1cncnc1)C1CCCC(S(C)(=O)=O)C1. The van der Waals surface area contributed by atoms with E-state index in [1.165, 1.54) is 12.6 Å². The summed E-state index contributed by atoms with van der Waals surface area (Å²) in [4.78, 5) is 8.09. The fourth-order valence-corrected chi connectivity index (χ4v) is 4.21. The Morgan fingerprint density at radius 1 is 1.32 bits per heavy atom. The van der Waals surface area contributed by atoms with Crippen molar-refractivity contribution in [2.75, 3.05) is 13.3 Å². The molecule has 1 aliphatic rings. The second-order valence-corrected chi connectivity index (χ2v) is 7.64. The van der Waals surface area contributed by atoms with Crippen molar-refractivity contribution in [2.24, 2.45) is 5.92 Å². The zero-order valence-electron chi connectivity index (χ0n) is 11.4. The van der Waals surface area contributed by atoms with Gasteiger partial charge >= 0.3 is 0 Å². The second-order valence-electron chi connectivity index (χ2n) is 5.32. The maximum absolute atomic E-state index is 11.7. The molecule has 0 aliphatic heterocycles. The summed E-state index contributed by atoms with van der Waals surface area (Å²) >= 11 is 0. The van der Waals surface area contributed by atoms with Crippen LogP contribution in [0.4, 0.5) is 0 Å². The predicted molar refractivity (Wildman–Crippen MR) is 74.4 cm³/mol. The van der Waals surface area contributed by atoms with Gasteiger partial charge in [0, 0.05) is 30.3 Å². The van der Waals surface area contributed by atoms with Crippen LogP contribution in [0.1, 0.15) is 37.3 Å². The molecule has 1 N–H and O–H groups in total. The van der Waals surface area contributed by atoms with Gasteiger partial charge in [0.05, 0.1) is 5.25 Å². The molecule has 0 aromatic carbocycles. The van der Waals surface area contributed by atoms with Crippen LogP contribution in [0.5, 0.6) is 0 Å². The highest BCUT2D eigenvalue weighted by Gasteiger charge is 2.33. The maximum Gasteiger partial charge on any atom is 0.150 e. The summed E-state index contributed by atoms with van der Waals surface area (Å²) in [5.74, 6) is 0.324. The van der Waals surface area contributed by atoms with E-state index in [1.54, 1.807) is 12.4 Å². The molecule has 5 nitrogen and oxygen atoms in total. The van der Waals surface area contributed by atoms with E-state index in [1.807, 2.05) is 7.05 Å². The summed E-state index contributed by atoms with van der Waals surface area (Å²) in [6, 6.07) is 0.130. The lowest BCUT2D eigenvalue weighted by Gasteiger charge is -2.33. The van der Waals surface area contributed by atoms with Gasteiger partial charge in [-0.3, -0.25) is 0 Å². The van der Waals surface area contributed by atoms with Crippen molar-refractivity contribution in [2.45, 2.75) is 37.0 Å². The number of rotatable bonds is 4. The van der Waals surface area contributed by atoms with Gasteiger partial charge in [-0.25, -0.2) is 18.4 Å². The molecule has 1 fully saturated rings. The highest BCUT2D eigenvalue weighted by atomic mass is 32.2. The molecule has 1 heterocycles. The topological polar surface area (TPSA) is 72.0 Å². The lowest BCUT2D eigenvalue weighted by Crippen LogP contribution is -2.34. The number of hydrogen-bond donors (Lipinski definition) is 1. The normalized spacial score (nSPS) is 26.0. The van der Waals surface area contributed by atoms with E-state index >= 15 is 0 Å². The molecule has 0 radical (unpaired) electrons. The van der Waals surface area contributed by atoms with E-state index in [-0.39, 0.29) is 11.3 Å². The van der Waals surface area contributed by atoms with E-state index in [0.717, 1.165) is 31.2 Å². The molecular weight excluding hydrogens is 262 g/mol. The monoisotopic (exact) mass is 283 g/mol. The third kappa shape index (κ3) is 3.51. The standard InChI is InChI=1S/C13H21N3O2S/c1-14-13(11-7-15-9-16-8-11)10-4-3-5-12(6-10)19(2,17)18/h7-10,12-14H,3-6H2,1-2H3. The molecule has 6 heteroatoms. The number of hydrogen-bond acceptors (Lipinski definition) is 5. The molecule has 3 unspecified atom stereocenters. The predicted octanol–water partition coefficient (Wildman–Crippen LogP) is 1.34. The molecule has 0 saturated heterocycles. The first-order valence-electron chi connectivity index (χ1n) is 6.63. The Balaban J connectivity index is 2.15. The van der Waals surface area contributed by atoms with Crippen LogP contribution in [0.3, 0.4) is 0 Å². The summed E-state index contributed by atoms with van der Waals surface area (Å²) < 4.78 is 23.5. The molecule has 106 valence electrons. The quantitative estimate of drug-likeness (QED) is 0.903. The Bertz CT molecular complexity index is 504. The van der Waals surface area contributed by atoms with E-state index in [4.69, 9.17) is 0 Å². The third-order valence-electron chi connectivity index (χ3n) is 3.99. The number of sulfone groups is 1. The Kier molecular flexibility index (Phi) is 4.52. The van der Waals surface area contributed by atoms with Crippen molar-refractivity contribution in [3.8, 4) is 0 Å². The van der Waals surface area contributed by atoms with Gasteiger partial charge in [0.25, 0.3) is 0 Å². The molecule has 0 bridgehead atoms. The van der Waals surface area contributed by atoms with Gasteiger partial charge in [0.2, 0.25) is 0 Å². The van der Waals surface area contributed by atoms with E-state index in [9.17, 15) is 8.42 Å². The Morgan fingerprint density at radius 3 is 2.58 bits per heavy atom. The zero-order valence-corrected chi connectivity index (χ0v) is 12.2. The van der Waals surface area contributed by atoms with Gasteiger partial charge in [0.1, 0.15) is 16.2 Å². The first-order valence-corrected chi connectivity index (χ1v) is 8.59. The van der Waals surface area contributed by atoms with Gasteiger partial charge in [-0.1, -0.05) is 6.42 Å². The van der Waals surface area contributed by atoms with Crippen LogP contribution in [0.2, 0.25) is 0 Å². The van der Waals surface area contributed by atoms with Crippen molar-refractivity contribution in [1.82, 2.24) is 15.3 Å². The van der Waals surface area contributed by atoms with Gasteiger partial charge in [-0.05, 0) is 32.2 Å². The van der Waals surface area contributed by atoms with Crippen molar-refractivity contribution in [1.29, 1.82) is 0 Å². The summed E-state index contributed by atoms with van der Waals surface area (Å²) in [6.45, 7) is 0. The summed E-state index contributed by atoms with van der Waals surface area (Å²) in [7, 11) is -1.04. The molecule has 19 heavy (non-hydrogen) atoms. The number of aromatic nitrogens is 2. The molecule has 1 aliphatic carbocycles. The molecule has 1 aromatic heterocycles. The number of nitrogens with one attached hydrogen (secondary N) is 1. The summed E-state index contributed by atoms with van der Waals surface area (Å²) in [6.07, 6.45) is 9.99. The van der Waals surface area contributed by atoms with Crippen LogP contribution in [0.25, 0.3) is 0 Å². The molecule has 3 atom stereocenters. The average Bonchev–Trinajstić information content (AvgIpc) is 2.40. The number of nitrogens with zero attached hydrogens (tertiary/aromatic N) is 2. The molecule has 0 amide bonds. The third-order valence-corrected chi connectivity index (χ3v) is 5.63. The van der Waals surface area contributed by atoms with E-state index < -0.39 is 9.84 Å². The fraction of sp³-hybridized carbons (Fsp3) is 0.692. The van der Waals surface area contributed by atoms with Gasteiger partial charge in [-0.2, -0.15) is 0 Å². The van der Waals surface area contributed by atoms with Crippen LogP contribution in [0, 0.1) is 5.92 Å². The van der Waals surface area contributed by atoms with Gasteiger partial charge < -0.3 is 5.32 Å². The first-order chi connectivity index (χ1) is 9.02. The van der Waals surface area contributed by atoms with Crippen LogP contribution >= 0.6 is 0 Å². The highest BCUT2D eigenvalue weighted by Crippen LogP contribution is 2.36. The molecular formula is C13H21N3O2S. The van der Waals surface area contributed by atoms with E-state index in [0.29, 0.717) is 5.92 Å². The molecule has 0 spiro atoms. The first kappa shape index (κ1) is 14.4. The van der Waals surface area contributed by atoms with Crippen molar-refractivity contribution >= 4 is 9.84 Å². The fourth-order valence-electron chi connectivity index (χ4n) is 3.02. The molecule has 1 saturated carbocycles. The minimum atomic E-state index is -2.94. The zero-order chi connectivity index (χ0) is 13.9. The lowest BCUT2D eigenvalue weighted by atomic mass is 9.81. The average molecular weight is 283 g/mol. The second kappa shape index (κ2) is 5.96. The van der Waals surface area contributed by atoms with Gasteiger partial charge in [-0.15, -0.1) is 0 Å². The molecule has 1 aromatic rings. The minimum absolute atomic E-state index is 0.130. The van der Waals surface area contributed by atoms with Crippen LogP contribution < -0.4 is 5.32 Å². The van der Waals surface area contributed by atoms with E-state index in [2.05, 4.69) is 15.3 Å². The lowest BCUT2D eigenvalue weighted by molar-refractivity contribution is 0.282. The maximum atomic E-state index is 11.7. The van der Waals surface area contributed by atoms with Crippen LogP contribution in [0.15, 0.2) is 18.7 Å². The van der Waals surface area contributed by atoms with Crippen LogP contribution in [-0.2, 0) is 9.84 Å². The summed E-state index contributed by atoms with van der Waals surface area (Å²) in [5.41, 5.74) is 1.03. The van der Waals surface area contributed by atoms with Crippen molar-refractivity contribution in [3.05, 3.63) is 24.3 Å². The Labute approximate surface area is 114 Å². The van der Waals surface area contributed by atoms with Crippen LogP contribution in [-0.4, -0.2) is 36.9 Å². The Morgan fingerprint density at radius 2 is 2.00 bits per heavy atom. The smallest absolute Gasteiger partial charge is 0.150 e. The largest absolute Gasteiger partial charge is 0.313 e. The van der Waals surface area contributed by atoms with Gasteiger partial charge in [0.15, 0.2) is 0 Å². The highest BCUT2D eigenvalue weighted by molar-refractivity contribution is 7.91.